The van der Waals surface area contributed by atoms with Crippen LogP contribution in [0.4, 0.5) is 5.69 Å². The molecule has 1 amide bonds. The van der Waals surface area contributed by atoms with E-state index in [9.17, 15) is 9.59 Å². The number of benzene rings is 2. The van der Waals surface area contributed by atoms with Crippen molar-refractivity contribution < 1.29 is 24.2 Å². The van der Waals surface area contributed by atoms with E-state index in [1.54, 1.807) is 20.3 Å². The number of ether oxygens (including phenoxy) is 2. The van der Waals surface area contributed by atoms with Crippen LogP contribution in [-0.2, 0) is 11.2 Å². The molecule has 8 heteroatoms. The lowest BCUT2D eigenvalue weighted by atomic mass is 10.0. The average molecular weight is 532 g/mol. The number of rotatable bonds is 10. The van der Waals surface area contributed by atoms with E-state index in [-0.39, 0.29) is 24.4 Å². The highest BCUT2D eigenvalue weighted by Crippen LogP contribution is 2.32. The van der Waals surface area contributed by atoms with Crippen LogP contribution >= 0.6 is 0 Å². The summed E-state index contributed by atoms with van der Waals surface area (Å²) in [6.07, 6.45) is 2.64. The van der Waals surface area contributed by atoms with Crippen LogP contribution in [0.25, 0.3) is 11.3 Å². The van der Waals surface area contributed by atoms with Crippen LogP contribution in [0, 0.1) is 0 Å². The third-order valence-corrected chi connectivity index (χ3v) is 7.27. The van der Waals surface area contributed by atoms with Crippen molar-refractivity contribution in [2.75, 3.05) is 32.2 Å². The number of carbonyl (C=O) groups excluding carboxylic acids is 1. The summed E-state index contributed by atoms with van der Waals surface area (Å²) in [4.78, 5) is 33.2. The number of carbonyl (C=O) groups is 2. The summed E-state index contributed by atoms with van der Waals surface area (Å²) in [6, 6.07) is 19.8. The van der Waals surface area contributed by atoms with Crippen molar-refractivity contribution >= 4 is 17.6 Å². The molecule has 2 aromatic carbocycles. The van der Waals surface area contributed by atoms with Gasteiger partial charge in [-0.25, -0.2) is 4.98 Å². The standard InChI is InChI=1S/C31H37N3O5/c1-21-20-34(22(2)19-33(21)25-15-12-23(13-16-25)8-5-6-11-30(35)36)31(37)27-10-7-9-26(32-27)24-14-17-28(38-3)29(18-24)39-4/h7,9-10,12-18,21-22H,5-6,8,11,19-20H2,1-4H3,(H,35,36). The van der Waals surface area contributed by atoms with Crippen molar-refractivity contribution in [3.63, 3.8) is 0 Å². The van der Waals surface area contributed by atoms with Gasteiger partial charge < -0.3 is 24.4 Å². The highest BCUT2D eigenvalue weighted by atomic mass is 16.5. The fourth-order valence-corrected chi connectivity index (χ4v) is 5.09. The zero-order valence-electron chi connectivity index (χ0n) is 23.1. The van der Waals surface area contributed by atoms with E-state index < -0.39 is 5.97 Å². The SMILES string of the molecule is COc1ccc(-c2cccc(C(=O)N3CC(C)N(c4ccc(CCCCC(=O)O)cc4)CC3C)n2)cc1OC. The fourth-order valence-electron chi connectivity index (χ4n) is 5.09. The number of amides is 1. The van der Waals surface area contributed by atoms with E-state index in [4.69, 9.17) is 19.6 Å². The van der Waals surface area contributed by atoms with Gasteiger partial charge in [0.2, 0.25) is 0 Å². The summed E-state index contributed by atoms with van der Waals surface area (Å²) in [5, 5.41) is 8.81. The molecule has 1 saturated heterocycles. The second kappa shape index (κ2) is 12.7. The number of aromatic nitrogens is 1. The van der Waals surface area contributed by atoms with Crippen molar-refractivity contribution in [3.05, 3.63) is 71.9 Å². The van der Waals surface area contributed by atoms with Crippen LogP contribution in [0.1, 0.15) is 49.2 Å². The first-order valence-electron chi connectivity index (χ1n) is 13.4. The van der Waals surface area contributed by atoms with Crippen molar-refractivity contribution in [3.8, 4) is 22.8 Å². The smallest absolute Gasteiger partial charge is 0.303 e. The lowest BCUT2D eigenvalue weighted by molar-refractivity contribution is -0.137. The molecule has 1 aliphatic heterocycles. The van der Waals surface area contributed by atoms with E-state index >= 15 is 0 Å². The average Bonchev–Trinajstić information content (AvgIpc) is 2.96. The van der Waals surface area contributed by atoms with Gasteiger partial charge in [-0.15, -0.1) is 0 Å². The third kappa shape index (κ3) is 6.69. The first kappa shape index (κ1) is 28.0. The van der Waals surface area contributed by atoms with Gasteiger partial charge in [0.1, 0.15) is 5.69 Å². The van der Waals surface area contributed by atoms with Crippen LogP contribution in [0.5, 0.6) is 11.5 Å². The van der Waals surface area contributed by atoms with Crippen molar-refractivity contribution in [2.24, 2.45) is 0 Å². The molecule has 2 atom stereocenters. The lowest BCUT2D eigenvalue weighted by Crippen LogP contribution is -2.58. The molecule has 0 radical (unpaired) electrons. The number of hydrogen-bond donors (Lipinski definition) is 1. The van der Waals surface area contributed by atoms with Gasteiger partial charge in [0, 0.05) is 42.8 Å². The van der Waals surface area contributed by atoms with Gasteiger partial charge in [0.25, 0.3) is 5.91 Å². The number of carboxylic acid groups (broad SMARTS) is 1. The van der Waals surface area contributed by atoms with Crippen molar-refractivity contribution in [2.45, 2.75) is 51.6 Å². The van der Waals surface area contributed by atoms with Crippen LogP contribution < -0.4 is 14.4 Å². The Morgan fingerprint density at radius 3 is 2.36 bits per heavy atom. The molecule has 4 rings (SSSR count). The van der Waals surface area contributed by atoms with Gasteiger partial charge >= 0.3 is 5.97 Å². The minimum Gasteiger partial charge on any atom is -0.493 e. The topological polar surface area (TPSA) is 92.2 Å². The second-order valence-corrected chi connectivity index (χ2v) is 10.1. The van der Waals surface area contributed by atoms with Gasteiger partial charge in [-0.05, 0) is 81.1 Å². The molecule has 1 fully saturated rings. The van der Waals surface area contributed by atoms with E-state index in [1.165, 1.54) is 5.56 Å². The monoisotopic (exact) mass is 531 g/mol. The van der Waals surface area contributed by atoms with Gasteiger partial charge in [0.05, 0.1) is 19.9 Å². The molecule has 0 bridgehead atoms. The molecule has 2 unspecified atom stereocenters. The van der Waals surface area contributed by atoms with Gasteiger partial charge in [-0.1, -0.05) is 18.2 Å². The third-order valence-electron chi connectivity index (χ3n) is 7.27. The molecule has 1 aliphatic rings. The highest BCUT2D eigenvalue weighted by molar-refractivity contribution is 5.93. The largest absolute Gasteiger partial charge is 0.493 e. The predicted molar refractivity (Wildman–Crippen MR) is 152 cm³/mol. The maximum absolute atomic E-state index is 13.6. The fraction of sp³-hybridized carbons (Fsp3) is 0.387. The Morgan fingerprint density at radius 1 is 0.923 bits per heavy atom. The minimum absolute atomic E-state index is 0.0101. The van der Waals surface area contributed by atoms with Crippen molar-refractivity contribution in [1.82, 2.24) is 9.88 Å². The highest BCUT2D eigenvalue weighted by Gasteiger charge is 2.33. The van der Waals surface area contributed by atoms with E-state index in [0.717, 1.165) is 30.6 Å². The molecule has 1 N–H and O–H groups in total. The van der Waals surface area contributed by atoms with Gasteiger partial charge in [-0.2, -0.15) is 0 Å². The summed E-state index contributed by atoms with van der Waals surface area (Å²) >= 11 is 0. The quantitative estimate of drug-likeness (QED) is 0.355. The maximum atomic E-state index is 13.6. The molecular weight excluding hydrogens is 494 g/mol. The summed E-state index contributed by atoms with van der Waals surface area (Å²) < 4.78 is 10.8. The molecule has 1 aromatic heterocycles. The van der Waals surface area contributed by atoms with E-state index in [0.29, 0.717) is 35.9 Å². The normalized spacial score (nSPS) is 17.1. The van der Waals surface area contributed by atoms with Crippen molar-refractivity contribution in [1.29, 1.82) is 0 Å². The number of unbranched alkanes of at least 4 members (excludes halogenated alkanes) is 1. The van der Waals surface area contributed by atoms with E-state index in [1.807, 2.05) is 35.2 Å². The Bertz CT molecular complexity index is 1290. The van der Waals surface area contributed by atoms with Crippen LogP contribution in [0.15, 0.2) is 60.7 Å². The lowest BCUT2D eigenvalue weighted by Gasteiger charge is -2.45. The molecule has 39 heavy (non-hydrogen) atoms. The van der Waals surface area contributed by atoms with E-state index in [2.05, 4.69) is 43.0 Å². The Labute approximate surface area is 230 Å². The van der Waals surface area contributed by atoms with Gasteiger partial charge in [-0.3, -0.25) is 9.59 Å². The number of methoxy groups -OCH3 is 2. The number of aliphatic carboxylic acids is 1. The maximum Gasteiger partial charge on any atom is 0.303 e. The summed E-state index contributed by atoms with van der Waals surface area (Å²) in [7, 11) is 3.19. The molecule has 3 aromatic rings. The van der Waals surface area contributed by atoms with Crippen LogP contribution in [0.2, 0.25) is 0 Å². The molecule has 8 nitrogen and oxygen atoms in total. The number of anilines is 1. The minimum atomic E-state index is -0.743. The molecule has 0 aliphatic carbocycles. The second-order valence-electron chi connectivity index (χ2n) is 10.1. The number of piperazine rings is 1. The summed E-state index contributed by atoms with van der Waals surface area (Å²) in [5.41, 5.74) is 4.30. The number of hydrogen-bond acceptors (Lipinski definition) is 6. The Balaban J connectivity index is 1.42. The van der Waals surface area contributed by atoms with Gasteiger partial charge in [0.15, 0.2) is 11.5 Å². The van der Waals surface area contributed by atoms with Crippen LogP contribution in [0.3, 0.4) is 0 Å². The molecule has 0 spiro atoms. The number of aryl methyl sites for hydroxylation is 1. The summed E-state index contributed by atoms with van der Waals surface area (Å²) in [6.45, 7) is 5.53. The molecule has 0 saturated carbocycles. The molecule has 206 valence electrons. The first-order chi connectivity index (χ1) is 18.8. The van der Waals surface area contributed by atoms with Crippen LogP contribution in [-0.4, -0.2) is 66.3 Å². The number of pyridine rings is 1. The zero-order valence-corrected chi connectivity index (χ0v) is 23.1. The Hall–Kier alpha value is -4.07. The predicted octanol–water partition coefficient (Wildman–Crippen LogP) is 5.30. The molecule has 2 heterocycles. The zero-order chi connectivity index (χ0) is 27.9. The Kier molecular flexibility index (Phi) is 9.07. The first-order valence-corrected chi connectivity index (χ1v) is 13.4. The number of nitrogens with zero attached hydrogens (tertiary/aromatic N) is 3. The Morgan fingerprint density at radius 2 is 1.67 bits per heavy atom. The summed E-state index contributed by atoms with van der Waals surface area (Å²) in [5.74, 6) is 0.429. The number of carboxylic acids is 1. The molecular formula is C31H37N3O5.